The van der Waals surface area contributed by atoms with Gasteiger partial charge in [-0.25, -0.2) is 4.98 Å². The second kappa shape index (κ2) is 3.91. The van der Waals surface area contributed by atoms with Gasteiger partial charge in [-0.3, -0.25) is 0 Å². The molecule has 0 aliphatic carbocycles. The number of benzene rings is 1. The van der Waals surface area contributed by atoms with Crippen LogP contribution in [0.4, 0.5) is 13.2 Å². The number of nitrogens with zero attached hydrogens (tertiary/aromatic N) is 2. The summed E-state index contributed by atoms with van der Waals surface area (Å²) in [6, 6.07) is 4.40. The SMILES string of the molecule is Cn1cnc2c1-c1cccc(OC(F)(F)F)c1OC2. The Morgan fingerprint density at radius 1 is 1.37 bits per heavy atom. The Balaban J connectivity index is 2.13. The summed E-state index contributed by atoms with van der Waals surface area (Å²) in [5.74, 6) is -0.243. The standard InChI is InChI=1S/C12H9F3N2O2/c1-17-6-16-8-5-18-11-7(10(8)17)3-2-4-9(11)19-12(13,14)15/h2-4,6H,5H2,1H3. The molecule has 2 heterocycles. The average molecular weight is 270 g/mol. The third-order valence-corrected chi connectivity index (χ3v) is 2.83. The number of rotatable bonds is 1. The molecule has 0 bridgehead atoms. The first-order valence-corrected chi connectivity index (χ1v) is 5.48. The minimum Gasteiger partial charge on any atom is -0.483 e. The lowest BCUT2D eigenvalue weighted by atomic mass is 10.1. The van der Waals surface area contributed by atoms with Crippen molar-refractivity contribution >= 4 is 0 Å². The first kappa shape index (κ1) is 11.9. The van der Waals surface area contributed by atoms with Crippen LogP contribution in [0.1, 0.15) is 5.69 Å². The smallest absolute Gasteiger partial charge is 0.483 e. The van der Waals surface area contributed by atoms with Crippen molar-refractivity contribution in [3.63, 3.8) is 0 Å². The van der Waals surface area contributed by atoms with Crippen LogP contribution < -0.4 is 9.47 Å². The molecule has 0 atom stereocenters. The van der Waals surface area contributed by atoms with E-state index in [9.17, 15) is 13.2 Å². The molecule has 1 aromatic carbocycles. The van der Waals surface area contributed by atoms with Gasteiger partial charge in [-0.05, 0) is 12.1 Å². The number of para-hydroxylation sites is 1. The molecule has 0 amide bonds. The van der Waals surface area contributed by atoms with Crippen molar-refractivity contribution in [1.29, 1.82) is 0 Å². The second-order valence-electron chi connectivity index (χ2n) is 4.12. The number of halogens is 3. The summed E-state index contributed by atoms with van der Waals surface area (Å²) < 4.78 is 48.1. The minimum absolute atomic E-state index is 0.0934. The number of aromatic nitrogens is 2. The molecule has 1 aromatic heterocycles. The largest absolute Gasteiger partial charge is 0.573 e. The lowest BCUT2D eigenvalue weighted by Crippen LogP contribution is -2.18. The zero-order valence-electron chi connectivity index (χ0n) is 9.86. The van der Waals surface area contributed by atoms with Crippen LogP contribution in [0, 0.1) is 0 Å². The predicted octanol–water partition coefficient (Wildman–Crippen LogP) is 2.88. The molecule has 7 heteroatoms. The normalized spacial score (nSPS) is 13.5. The van der Waals surface area contributed by atoms with E-state index in [1.54, 1.807) is 24.0 Å². The van der Waals surface area contributed by atoms with Crippen LogP contribution in [0.2, 0.25) is 0 Å². The molecule has 19 heavy (non-hydrogen) atoms. The number of ether oxygens (including phenoxy) is 2. The quantitative estimate of drug-likeness (QED) is 0.799. The van der Waals surface area contributed by atoms with Crippen LogP contribution in [0.5, 0.6) is 11.5 Å². The molecule has 0 unspecified atom stereocenters. The lowest BCUT2D eigenvalue weighted by Gasteiger charge is -2.21. The highest BCUT2D eigenvalue weighted by molar-refractivity contribution is 5.74. The van der Waals surface area contributed by atoms with Gasteiger partial charge in [0.05, 0.1) is 12.0 Å². The summed E-state index contributed by atoms with van der Waals surface area (Å²) in [6.07, 6.45) is -3.15. The minimum atomic E-state index is -4.74. The van der Waals surface area contributed by atoms with Crippen molar-refractivity contribution in [3.8, 4) is 22.8 Å². The van der Waals surface area contributed by atoms with E-state index in [0.717, 1.165) is 5.69 Å². The van der Waals surface area contributed by atoms with E-state index in [4.69, 9.17) is 4.74 Å². The molecule has 0 N–H and O–H groups in total. The van der Waals surface area contributed by atoms with Crippen LogP contribution in [-0.2, 0) is 13.7 Å². The van der Waals surface area contributed by atoms with E-state index in [0.29, 0.717) is 11.3 Å². The molecule has 2 aromatic rings. The van der Waals surface area contributed by atoms with Crippen molar-refractivity contribution in [2.75, 3.05) is 0 Å². The van der Waals surface area contributed by atoms with Crippen LogP contribution in [0.3, 0.4) is 0 Å². The summed E-state index contributed by atoms with van der Waals surface area (Å²) >= 11 is 0. The fraction of sp³-hybridized carbons (Fsp3) is 0.250. The van der Waals surface area contributed by atoms with E-state index in [1.807, 2.05) is 0 Å². The molecule has 4 nitrogen and oxygen atoms in total. The van der Waals surface area contributed by atoms with E-state index < -0.39 is 6.36 Å². The van der Waals surface area contributed by atoms with Gasteiger partial charge in [-0.15, -0.1) is 13.2 Å². The summed E-state index contributed by atoms with van der Waals surface area (Å²) in [7, 11) is 1.78. The van der Waals surface area contributed by atoms with Gasteiger partial charge in [0, 0.05) is 12.6 Å². The number of hydrogen-bond donors (Lipinski definition) is 0. The maximum absolute atomic E-state index is 12.3. The lowest BCUT2D eigenvalue weighted by molar-refractivity contribution is -0.275. The Kier molecular flexibility index (Phi) is 2.44. The fourth-order valence-electron chi connectivity index (χ4n) is 2.13. The number of hydrogen-bond acceptors (Lipinski definition) is 3. The molecule has 1 aliphatic heterocycles. The van der Waals surface area contributed by atoms with E-state index in [2.05, 4.69) is 9.72 Å². The molecule has 100 valence electrons. The summed E-state index contributed by atoms with van der Waals surface area (Å²) in [4.78, 5) is 4.13. The third kappa shape index (κ3) is 2.00. The Bertz CT molecular complexity index is 634. The average Bonchev–Trinajstić information content (AvgIpc) is 2.70. The fourth-order valence-corrected chi connectivity index (χ4v) is 2.13. The first-order chi connectivity index (χ1) is 8.96. The van der Waals surface area contributed by atoms with Crippen LogP contribution in [-0.4, -0.2) is 15.9 Å². The molecule has 0 fully saturated rings. The highest BCUT2D eigenvalue weighted by Gasteiger charge is 2.34. The van der Waals surface area contributed by atoms with E-state index in [1.165, 1.54) is 12.1 Å². The number of fused-ring (bicyclic) bond motifs is 3. The van der Waals surface area contributed by atoms with E-state index >= 15 is 0 Å². The first-order valence-electron chi connectivity index (χ1n) is 5.48. The highest BCUT2D eigenvalue weighted by Crippen LogP contribution is 2.44. The van der Waals surface area contributed by atoms with Crippen molar-refractivity contribution in [2.45, 2.75) is 13.0 Å². The molecule has 0 spiro atoms. The summed E-state index contributed by atoms with van der Waals surface area (Å²) in [5.41, 5.74) is 1.98. The maximum Gasteiger partial charge on any atom is 0.573 e. The van der Waals surface area contributed by atoms with Crippen LogP contribution in [0.25, 0.3) is 11.3 Å². The van der Waals surface area contributed by atoms with Gasteiger partial charge >= 0.3 is 6.36 Å². The van der Waals surface area contributed by atoms with Crippen molar-refractivity contribution in [1.82, 2.24) is 9.55 Å². The van der Waals surface area contributed by atoms with Crippen molar-refractivity contribution in [2.24, 2.45) is 7.05 Å². The molecule has 0 radical (unpaired) electrons. The molecule has 0 saturated heterocycles. The zero-order valence-corrected chi connectivity index (χ0v) is 9.86. The predicted molar refractivity (Wildman–Crippen MR) is 59.7 cm³/mol. The summed E-state index contributed by atoms with van der Waals surface area (Å²) in [6.45, 7) is 0.126. The van der Waals surface area contributed by atoms with E-state index in [-0.39, 0.29) is 18.1 Å². The Morgan fingerprint density at radius 3 is 2.89 bits per heavy atom. The maximum atomic E-state index is 12.3. The third-order valence-electron chi connectivity index (χ3n) is 2.83. The van der Waals surface area contributed by atoms with Crippen molar-refractivity contribution in [3.05, 3.63) is 30.2 Å². The highest BCUT2D eigenvalue weighted by atomic mass is 19.4. The Hall–Kier alpha value is -2.18. The topological polar surface area (TPSA) is 36.3 Å². The summed E-state index contributed by atoms with van der Waals surface area (Å²) in [5, 5.41) is 0. The van der Waals surface area contributed by atoms with Crippen LogP contribution >= 0.6 is 0 Å². The van der Waals surface area contributed by atoms with Gasteiger partial charge in [-0.1, -0.05) is 6.07 Å². The number of aryl methyl sites for hydroxylation is 1. The number of imidazole rings is 1. The van der Waals surface area contributed by atoms with Gasteiger partial charge in [0.25, 0.3) is 0 Å². The van der Waals surface area contributed by atoms with Gasteiger partial charge in [0.15, 0.2) is 11.5 Å². The van der Waals surface area contributed by atoms with Gasteiger partial charge in [-0.2, -0.15) is 0 Å². The van der Waals surface area contributed by atoms with Crippen molar-refractivity contribution < 1.29 is 22.6 Å². The molecular weight excluding hydrogens is 261 g/mol. The van der Waals surface area contributed by atoms with Gasteiger partial charge in [0.2, 0.25) is 0 Å². The molecule has 3 rings (SSSR count). The second-order valence-corrected chi connectivity index (χ2v) is 4.12. The Morgan fingerprint density at radius 2 is 2.16 bits per heavy atom. The molecular formula is C12H9F3N2O2. The zero-order chi connectivity index (χ0) is 13.6. The van der Waals surface area contributed by atoms with Crippen LogP contribution in [0.15, 0.2) is 24.5 Å². The van der Waals surface area contributed by atoms with Gasteiger partial charge in [0.1, 0.15) is 12.3 Å². The molecule has 0 saturated carbocycles. The Labute approximate surface area is 106 Å². The molecule has 1 aliphatic rings. The number of alkyl halides is 3. The monoisotopic (exact) mass is 270 g/mol. The van der Waals surface area contributed by atoms with Gasteiger partial charge < -0.3 is 14.0 Å².